The van der Waals surface area contributed by atoms with Crippen molar-refractivity contribution in [2.24, 2.45) is 11.7 Å². The first-order valence-electron chi connectivity index (χ1n) is 7.88. The lowest BCUT2D eigenvalue weighted by Gasteiger charge is -2.35. The van der Waals surface area contributed by atoms with Crippen molar-refractivity contribution in [2.75, 3.05) is 45.8 Å². The van der Waals surface area contributed by atoms with Gasteiger partial charge in [0, 0.05) is 39.3 Å². The number of piperidine rings is 1. The summed E-state index contributed by atoms with van der Waals surface area (Å²) in [6.07, 6.45) is -3.08. The van der Waals surface area contributed by atoms with Crippen LogP contribution in [0.25, 0.3) is 0 Å². The van der Waals surface area contributed by atoms with Crippen LogP contribution in [0.2, 0.25) is 0 Å². The third-order valence-electron chi connectivity index (χ3n) is 4.50. The van der Waals surface area contributed by atoms with Crippen LogP contribution in [0.5, 0.6) is 0 Å². The molecule has 0 spiro atoms. The van der Waals surface area contributed by atoms with Crippen molar-refractivity contribution in [2.45, 2.75) is 25.4 Å². The summed E-state index contributed by atoms with van der Waals surface area (Å²) in [5.41, 5.74) is 5.24. The molecule has 0 unspecified atom stereocenters. The van der Waals surface area contributed by atoms with E-state index in [1.807, 2.05) is 4.90 Å². The van der Waals surface area contributed by atoms with Crippen LogP contribution in [0.3, 0.4) is 0 Å². The van der Waals surface area contributed by atoms with Crippen LogP contribution in [-0.2, 0) is 4.79 Å². The molecule has 0 bridgehead atoms. The Balaban J connectivity index is 1.85. The van der Waals surface area contributed by atoms with E-state index in [1.165, 1.54) is 9.80 Å². The fourth-order valence-electron chi connectivity index (χ4n) is 3.11. The minimum absolute atomic E-state index is 0.0879. The summed E-state index contributed by atoms with van der Waals surface area (Å²) in [7, 11) is 0. The van der Waals surface area contributed by atoms with Gasteiger partial charge in [0.25, 0.3) is 0 Å². The molecule has 6 nitrogen and oxygen atoms in total. The number of carbonyl (C=O) groups excluding carboxylic acids is 2. The van der Waals surface area contributed by atoms with E-state index in [9.17, 15) is 22.8 Å². The zero-order valence-corrected chi connectivity index (χ0v) is 13.0. The number of amides is 3. The van der Waals surface area contributed by atoms with Crippen molar-refractivity contribution in [1.82, 2.24) is 14.7 Å². The maximum Gasteiger partial charge on any atom is 0.393 e. The van der Waals surface area contributed by atoms with E-state index in [-0.39, 0.29) is 25.4 Å². The summed E-state index contributed by atoms with van der Waals surface area (Å²) < 4.78 is 38.4. The Hall–Kier alpha value is -1.51. The van der Waals surface area contributed by atoms with Gasteiger partial charge < -0.3 is 15.5 Å². The second-order valence-electron chi connectivity index (χ2n) is 6.18. The molecule has 2 aliphatic heterocycles. The summed E-state index contributed by atoms with van der Waals surface area (Å²) in [5.74, 6) is -1.69. The lowest BCUT2D eigenvalue weighted by atomic mass is 9.97. The van der Waals surface area contributed by atoms with Gasteiger partial charge in [-0.3, -0.25) is 9.69 Å². The molecule has 0 radical (unpaired) electrons. The maximum atomic E-state index is 12.8. The van der Waals surface area contributed by atoms with Gasteiger partial charge in [0.15, 0.2) is 0 Å². The highest BCUT2D eigenvalue weighted by molar-refractivity contribution is 5.78. The van der Waals surface area contributed by atoms with Crippen molar-refractivity contribution in [3.63, 3.8) is 0 Å². The van der Waals surface area contributed by atoms with E-state index in [4.69, 9.17) is 5.73 Å². The second-order valence-corrected chi connectivity index (χ2v) is 6.18. The number of alkyl halides is 3. The standard InChI is InChI=1S/C14H23F3N4O2/c15-14(16,17)11-3-1-5-21(9-11)12(22)10-19-4-2-6-20(8-7-19)13(18)23/h11H,1-10H2,(H2,18,23)/t11-/m1/s1. The molecule has 0 saturated carbocycles. The van der Waals surface area contributed by atoms with Crippen LogP contribution in [-0.4, -0.2) is 78.6 Å². The van der Waals surface area contributed by atoms with Gasteiger partial charge in [0.1, 0.15) is 0 Å². The normalized spacial score (nSPS) is 24.4. The third kappa shape index (κ3) is 4.98. The molecule has 2 aliphatic rings. The number of likely N-dealkylation sites (tertiary alicyclic amines) is 1. The lowest BCUT2D eigenvalue weighted by molar-refractivity contribution is -0.188. The molecule has 2 saturated heterocycles. The van der Waals surface area contributed by atoms with Crippen LogP contribution < -0.4 is 5.73 Å². The highest BCUT2D eigenvalue weighted by Gasteiger charge is 2.42. The van der Waals surface area contributed by atoms with Crippen molar-refractivity contribution < 1.29 is 22.8 Å². The fourth-order valence-corrected chi connectivity index (χ4v) is 3.11. The van der Waals surface area contributed by atoms with E-state index >= 15 is 0 Å². The number of nitrogens with two attached hydrogens (primary N) is 1. The molecule has 2 N–H and O–H groups in total. The van der Waals surface area contributed by atoms with Gasteiger partial charge in [-0.25, -0.2) is 4.79 Å². The van der Waals surface area contributed by atoms with Gasteiger partial charge >= 0.3 is 12.2 Å². The molecular weight excluding hydrogens is 313 g/mol. The smallest absolute Gasteiger partial charge is 0.351 e. The third-order valence-corrected chi connectivity index (χ3v) is 4.50. The van der Waals surface area contributed by atoms with E-state index < -0.39 is 18.1 Å². The second kappa shape index (κ2) is 7.37. The van der Waals surface area contributed by atoms with Gasteiger partial charge in [0.2, 0.25) is 5.91 Å². The molecule has 0 aliphatic carbocycles. The van der Waals surface area contributed by atoms with Crippen LogP contribution in [0.4, 0.5) is 18.0 Å². The summed E-state index contributed by atoms with van der Waals surface area (Å²) in [5, 5.41) is 0. The number of rotatable bonds is 2. The first-order chi connectivity index (χ1) is 10.8. The van der Waals surface area contributed by atoms with Crippen LogP contribution in [0.1, 0.15) is 19.3 Å². The molecule has 2 fully saturated rings. The Bertz CT molecular complexity index is 444. The molecule has 2 heterocycles. The van der Waals surface area contributed by atoms with Crippen LogP contribution >= 0.6 is 0 Å². The number of hydrogen-bond acceptors (Lipinski definition) is 3. The number of carbonyl (C=O) groups is 2. The zero-order chi connectivity index (χ0) is 17.0. The fraction of sp³-hybridized carbons (Fsp3) is 0.857. The molecule has 0 aromatic heterocycles. The molecule has 1 atom stereocenters. The first kappa shape index (κ1) is 17.8. The van der Waals surface area contributed by atoms with Gasteiger partial charge in [0.05, 0.1) is 12.5 Å². The molecule has 2 rings (SSSR count). The summed E-state index contributed by atoms with van der Waals surface area (Å²) >= 11 is 0. The van der Waals surface area contributed by atoms with Gasteiger partial charge in [-0.15, -0.1) is 0 Å². The summed E-state index contributed by atoms with van der Waals surface area (Å²) in [6, 6.07) is -0.484. The predicted molar refractivity (Wildman–Crippen MR) is 77.6 cm³/mol. The zero-order valence-electron chi connectivity index (χ0n) is 13.0. The molecule has 0 aromatic rings. The average Bonchev–Trinajstić information content (AvgIpc) is 2.72. The number of primary amides is 1. The summed E-state index contributed by atoms with van der Waals surface area (Å²) in [4.78, 5) is 28.2. The van der Waals surface area contributed by atoms with Gasteiger partial charge in [-0.05, 0) is 19.3 Å². The van der Waals surface area contributed by atoms with Gasteiger partial charge in [-0.1, -0.05) is 0 Å². The minimum atomic E-state index is -4.25. The largest absolute Gasteiger partial charge is 0.393 e. The minimum Gasteiger partial charge on any atom is -0.351 e. The molecule has 3 amide bonds. The van der Waals surface area contributed by atoms with E-state index in [1.54, 1.807) is 0 Å². The Morgan fingerprint density at radius 1 is 1.00 bits per heavy atom. The lowest BCUT2D eigenvalue weighted by Crippen LogP contribution is -2.48. The van der Waals surface area contributed by atoms with E-state index in [2.05, 4.69) is 0 Å². The number of hydrogen-bond donors (Lipinski definition) is 1. The highest BCUT2D eigenvalue weighted by atomic mass is 19.4. The van der Waals surface area contributed by atoms with E-state index in [0.717, 1.165) is 0 Å². The van der Waals surface area contributed by atoms with E-state index in [0.29, 0.717) is 45.6 Å². The Morgan fingerprint density at radius 3 is 2.35 bits per heavy atom. The van der Waals surface area contributed by atoms with Crippen molar-refractivity contribution in [1.29, 1.82) is 0 Å². The Labute approximate surface area is 133 Å². The Kier molecular flexibility index (Phi) is 5.72. The molecule has 132 valence electrons. The van der Waals surface area contributed by atoms with Crippen molar-refractivity contribution >= 4 is 11.9 Å². The molecular formula is C14H23F3N4O2. The van der Waals surface area contributed by atoms with Crippen molar-refractivity contribution in [3.05, 3.63) is 0 Å². The quantitative estimate of drug-likeness (QED) is 0.814. The molecule has 9 heteroatoms. The average molecular weight is 336 g/mol. The van der Waals surface area contributed by atoms with Gasteiger partial charge in [-0.2, -0.15) is 13.2 Å². The van der Waals surface area contributed by atoms with Crippen molar-refractivity contribution in [3.8, 4) is 0 Å². The van der Waals surface area contributed by atoms with Crippen LogP contribution in [0.15, 0.2) is 0 Å². The predicted octanol–water partition coefficient (Wildman–Crippen LogP) is 0.874. The molecule has 0 aromatic carbocycles. The topological polar surface area (TPSA) is 69.9 Å². The number of halogens is 3. The van der Waals surface area contributed by atoms with Crippen LogP contribution in [0, 0.1) is 5.92 Å². The first-order valence-corrected chi connectivity index (χ1v) is 7.88. The monoisotopic (exact) mass is 336 g/mol. The molecule has 23 heavy (non-hydrogen) atoms. The maximum absolute atomic E-state index is 12.8. The number of nitrogens with zero attached hydrogens (tertiary/aromatic N) is 3. The highest BCUT2D eigenvalue weighted by Crippen LogP contribution is 2.33. The number of urea groups is 1. The SMILES string of the molecule is NC(=O)N1CCCN(CC(=O)N2CCC[C@@H](C(F)(F)F)C2)CC1. The Morgan fingerprint density at radius 2 is 1.70 bits per heavy atom. The summed E-state index contributed by atoms with van der Waals surface area (Å²) in [6.45, 7) is 2.35.